The molecule has 1 heterocycles. The van der Waals surface area contributed by atoms with E-state index in [4.69, 9.17) is 20.1 Å². The summed E-state index contributed by atoms with van der Waals surface area (Å²) in [5.74, 6) is 0. The van der Waals surface area contributed by atoms with E-state index in [1.807, 2.05) is 0 Å². The molecular weight excluding hydrogens is 234 g/mol. The maximum absolute atomic E-state index is 9.58. The number of ether oxygens (including phenoxy) is 1. The lowest BCUT2D eigenvalue weighted by atomic mass is 9.98. The highest BCUT2D eigenvalue weighted by Crippen LogP contribution is 2.19. The first-order valence-corrected chi connectivity index (χ1v) is 5.34. The number of hydrogen-bond donors (Lipinski definition) is 7. The smallest absolute Gasteiger partial charge is 0.137 e. The van der Waals surface area contributed by atoms with Crippen LogP contribution in [0.15, 0.2) is 0 Å². The van der Waals surface area contributed by atoms with Gasteiger partial charge in [-0.3, -0.25) is 5.32 Å². The van der Waals surface area contributed by atoms with Crippen molar-refractivity contribution in [2.24, 2.45) is 0 Å². The highest BCUT2D eigenvalue weighted by atomic mass is 16.6. The van der Waals surface area contributed by atoms with Crippen molar-refractivity contribution in [3.8, 4) is 0 Å². The first-order chi connectivity index (χ1) is 8.01. The van der Waals surface area contributed by atoms with Gasteiger partial charge in [-0.1, -0.05) is 0 Å². The second kappa shape index (κ2) is 6.57. The molecule has 0 spiro atoms. The molecule has 0 bridgehead atoms. The third-order valence-corrected chi connectivity index (χ3v) is 2.66. The Balaban J connectivity index is 2.53. The average Bonchev–Trinajstić information content (AvgIpc) is 2.34. The molecule has 1 aliphatic rings. The first-order valence-electron chi connectivity index (χ1n) is 5.34. The molecule has 0 amide bonds. The number of aliphatic hydroxyl groups is 6. The molecule has 2 unspecified atom stereocenters. The summed E-state index contributed by atoms with van der Waals surface area (Å²) in [5.41, 5.74) is 0. The van der Waals surface area contributed by atoms with Crippen LogP contribution in [0.2, 0.25) is 0 Å². The molecule has 1 aliphatic heterocycles. The van der Waals surface area contributed by atoms with Gasteiger partial charge in [-0.2, -0.15) is 0 Å². The molecule has 0 saturated carbocycles. The molecule has 1 saturated heterocycles. The minimum atomic E-state index is -1.45. The van der Waals surface area contributed by atoms with E-state index in [0.717, 1.165) is 0 Å². The Labute approximate surface area is 98.1 Å². The minimum absolute atomic E-state index is 0.0564. The lowest BCUT2D eigenvalue weighted by Gasteiger charge is -2.40. The van der Waals surface area contributed by atoms with Crippen molar-refractivity contribution in [1.82, 2.24) is 5.32 Å². The second-order valence-corrected chi connectivity index (χ2v) is 3.99. The molecule has 102 valence electrons. The van der Waals surface area contributed by atoms with Crippen molar-refractivity contribution in [2.45, 2.75) is 36.7 Å². The summed E-state index contributed by atoms with van der Waals surface area (Å²) in [6.07, 6.45) is -7.30. The fourth-order valence-corrected chi connectivity index (χ4v) is 1.59. The summed E-state index contributed by atoms with van der Waals surface area (Å²) in [6, 6.07) is 0. The van der Waals surface area contributed by atoms with Crippen molar-refractivity contribution in [1.29, 1.82) is 0 Å². The van der Waals surface area contributed by atoms with Crippen LogP contribution in [0.1, 0.15) is 0 Å². The molecule has 8 heteroatoms. The zero-order valence-electron chi connectivity index (χ0n) is 9.18. The molecule has 0 aromatic rings. The van der Waals surface area contributed by atoms with Crippen LogP contribution in [0.3, 0.4) is 0 Å². The summed E-state index contributed by atoms with van der Waals surface area (Å²) >= 11 is 0. The van der Waals surface area contributed by atoms with E-state index < -0.39 is 50.0 Å². The first kappa shape index (κ1) is 14.7. The van der Waals surface area contributed by atoms with Crippen LogP contribution in [-0.2, 0) is 4.74 Å². The second-order valence-electron chi connectivity index (χ2n) is 3.99. The van der Waals surface area contributed by atoms with Crippen LogP contribution >= 0.6 is 0 Å². The maximum atomic E-state index is 9.58. The summed E-state index contributed by atoms with van der Waals surface area (Å²) < 4.78 is 5.11. The molecular formula is C9H19NO7. The van der Waals surface area contributed by atoms with Crippen LogP contribution in [0.4, 0.5) is 0 Å². The lowest BCUT2D eigenvalue weighted by molar-refractivity contribution is -0.237. The van der Waals surface area contributed by atoms with Gasteiger partial charge in [0.15, 0.2) is 0 Å². The third kappa shape index (κ3) is 3.57. The quantitative estimate of drug-likeness (QED) is 0.261. The highest BCUT2D eigenvalue weighted by Gasteiger charge is 2.43. The van der Waals surface area contributed by atoms with Crippen LogP contribution in [0, 0.1) is 0 Å². The van der Waals surface area contributed by atoms with Crippen LogP contribution in [-0.4, -0.2) is 87.1 Å². The molecule has 0 aromatic heterocycles. The molecule has 6 atom stereocenters. The summed E-state index contributed by atoms with van der Waals surface area (Å²) in [7, 11) is 0. The predicted octanol–water partition coefficient (Wildman–Crippen LogP) is -4.27. The highest BCUT2D eigenvalue weighted by molar-refractivity contribution is 4.91. The van der Waals surface area contributed by atoms with E-state index in [1.54, 1.807) is 0 Å². The van der Waals surface area contributed by atoms with Crippen LogP contribution in [0.5, 0.6) is 0 Å². The Bertz CT molecular complexity index is 227. The Morgan fingerprint density at radius 3 is 2.24 bits per heavy atom. The van der Waals surface area contributed by atoms with Gasteiger partial charge >= 0.3 is 0 Å². The molecule has 1 fully saturated rings. The molecule has 1 rings (SSSR count). The van der Waals surface area contributed by atoms with Gasteiger partial charge in [-0.15, -0.1) is 0 Å². The van der Waals surface area contributed by atoms with E-state index in [9.17, 15) is 15.3 Å². The van der Waals surface area contributed by atoms with Gasteiger partial charge in [0.25, 0.3) is 0 Å². The van der Waals surface area contributed by atoms with E-state index in [2.05, 4.69) is 5.32 Å². The van der Waals surface area contributed by atoms with Crippen molar-refractivity contribution < 1.29 is 35.4 Å². The largest absolute Gasteiger partial charge is 0.394 e. The minimum Gasteiger partial charge on any atom is -0.394 e. The van der Waals surface area contributed by atoms with Crippen molar-refractivity contribution in [3.63, 3.8) is 0 Å². The molecule has 8 nitrogen and oxygen atoms in total. The van der Waals surface area contributed by atoms with Gasteiger partial charge in [-0.05, 0) is 0 Å². The van der Waals surface area contributed by atoms with Crippen LogP contribution in [0.25, 0.3) is 0 Å². The molecule has 0 aliphatic carbocycles. The lowest BCUT2D eigenvalue weighted by Crippen LogP contribution is -2.63. The predicted molar refractivity (Wildman–Crippen MR) is 54.9 cm³/mol. The van der Waals surface area contributed by atoms with E-state index in [-0.39, 0.29) is 6.54 Å². The van der Waals surface area contributed by atoms with Gasteiger partial charge in [0.1, 0.15) is 30.6 Å². The molecule has 7 N–H and O–H groups in total. The van der Waals surface area contributed by atoms with Gasteiger partial charge in [-0.25, -0.2) is 0 Å². The van der Waals surface area contributed by atoms with E-state index >= 15 is 0 Å². The van der Waals surface area contributed by atoms with Gasteiger partial charge in [0, 0.05) is 6.54 Å². The normalized spacial score (nSPS) is 40.2. The van der Waals surface area contributed by atoms with Gasteiger partial charge < -0.3 is 35.4 Å². The van der Waals surface area contributed by atoms with Crippen molar-refractivity contribution in [2.75, 3.05) is 19.8 Å². The average molecular weight is 253 g/mol. The third-order valence-electron chi connectivity index (χ3n) is 2.66. The molecule has 17 heavy (non-hydrogen) atoms. The Kier molecular flexibility index (Phi) is 5.70. The topological polar surface area (TPSA) is 143 Å². The number of aliphatic hydroxyl groups excluding tert-OH is 6. The van der Waals surface area contributed by atoms with Gasteiger partial charge in [0.05, 0.1) is 19.3 Å². The maximum Gasteiger partial charge on any atom is 0.137 e. The number of hydrogen-bond acceptors (Lipinski definition) is 8. The SMILES string of the molecule is OCC(O)CNC1O[C@H](CO)[C@@H](O)[C@H](O)[C@H]1O. The van der Waals surface area contributed by atoms with Crippen molar-refractivity contribution >= 4 is 0 Å². The van der Waals surface area contributed by atoms with Gasteiger partial charge in [0.2, 0.25) is 0 Å². The summed E-state index contributed by atoms with van der Waals surface area (Å²) in [6.45, 7) is -1.02. The van der Waals surface area contributed by atoms with E-state index in [1.165, 1.54) is 0 Å². The Morgan fingerprint density at radius 2 is 1.71 bits per heavy atom. The monoisotopic (exact) mass is 253 g/mol. The molecule has 0 aromatic carbocycles. The zero-order valence-corrected chi connectivity index (χ0v) is 9.18. The summed E-state index contributed by atoms with van der Waals surface area (Å²) in [4.78, 5) is 0. The summed E-state index contributed by atoms with van der Waals surface area (Å²) in [5, 5.41) is 57.7. The Morgan fingerprint density at radius 1 is 1.06 bits per heavy atom. The number of nitrogens with one attached hydrogen (secondary N) is 1. The Hall–Kier alpha value is -0.320. The van der Waals surface area contributed by atoms with E-state index in [0.29, 0.717) is 0 Å². The fourth-order valence-electron chi connectivity index (χ4n) is 1.59. The van der Waals surface area contributed by atoms with Crippen molar-refractivity contribution in [3.05, 3.63) is 0 Å². The number of rotatable bonds is 5. The zero-order chi connectivity index (χ0) is 13.0. The van der Waals surface area contributed by atoms with Crippen LogP contribution < -0.4 is 5.32 Å². The molecule has 0 radical (unpaired) electrons. The fraction of sp³-hybridized carbons (Fsp3) is 1.00. The standard InChI is InChI=1S/C9H19NO7/c11-2-4(13)1-10-9-8(16)7(15)6(14)5(3-12)17-9/h4-16H,1-3H2/t4?,5-,6-,7+,8-,9?/m1/s1.